The van der Waals surface area contributed by atoms with E-state index in [0.29, 0.717) is 52.9 Å². The smallest absolute Gasteiger partial charge is 0.336 e. The first-order chi connectivity index (χ1) is 56.4. The van der Waals surface area contributed by atoms with Crippen LogP contribution < -0.4 is 23.7 Å². The summed E-state index contributed by atoms with van der Waals surface area (Å²) in [7, 11) is 12.1. The minimum absolute atomic E-state index is 0.130. The van der Waals surface area contributed by atoms with Gasteiger partial charge in [-0.05, 0) is 225 Å². The number of esters is 5. The van der Waals surface area contributed by atoms with Gasteiger partial charge < -0.3 is 88.4 Å². The van der Waals surface area contributed by atoms with Crippen molar-refractivity contribution in [1.82, 2.24) is 49.0 Å². The molecule has 0 bridgehead atoms. The molecule has 0 fully saturated rings. The number of nitrogens with zero attached hydrogens (tertiary/aromatic N) is 6. The van der Waals surface area contributed by atoms with Crippen LogP contribution in [0, 0.1) is 6.92 Å². The van der Waals surface area contributed by atoms with Crippen molar-refractivity contribution in [3.8, 4) is 28.7 Å². The molecule has 0 atom stereocenters. The first kappa shape index (κ1) is 95.9. The number of aliphatic carboxylic acids is 5. The lowest BCUT2D eigenvalue weighted by molar-refractivity contribution is -0.142. The van der Waals surface area contributed by atoms with Gasteiger partial charge in [-0.3, -0.25) is 48.2 Å². The van der Waals surface area contributed by atoms with E-state index in [9.17, 15) is 47.9 Å². The highest BCUT2D eigenvalue weighted by molar-refractivity contribution is 5.97. The molecule has 119 heavy (non-hydrogen) atoms. The summed E-state index contributed by atoms with van der Waals surface area (Å²) in [6.07, 6.45) is 13.4. The number of fused-ring (bicyclic) bond motifs is 5. The van der Waals surface area contributed by atoms with E-state index >= 15 is 0 Å². The number of carboxylic acid groups (broad SMARTS) is 5. The number of carboxylic acids is 5. The molecule has 10 rings (SSSR count). The van der Waals surface area contributed by atoms with Gasteiger partial charge in [-0.2, -0.15) is 0 Å². The summed E-state index contributed by atoms with van der Waals surface area (Å²) in [5.74, 6) is -5.75. The van der Waals surface area contributed by atoms with Crippen molar-refractivity contribution >= 4 is 114 Å². The first-order valence-corrected chi connectivity index (χ1v) is 39.6. The largest absolute Gasteiger partial charge is 0.481 e. The minimum Gasteiger partial charge on any atom is -0.481 e. The number of nitrogens with one attached hydrogen (secondary N) is 4. The van der Waals surface area contributed by atoms with Crippen LogP contribution in [0.5, 0.6) is 28.7 Å². The lowest BCUT2D eigenvalue weighted by atomic mass is 10.0. The van der Waals surface area contributed by atoms with Crippen molar-refractivity contribution in [2.75, 3.05) is 75.0 Å². The molecule has 0 radical (unpaired) electrons. The molecule has 642 valence electrons. The van der Waals surface area contributed by atoms with E-state index in [2.05, 4.69) is 104 Å². The fraction of sp³-hybridized carbons (Fsp3) is 0.416. The van der Waals surface area contributed by atoms with E-state index in [-0.39, 0.29) is 51.4 Å². The first-order valence-electron chi connectivity index (χ1n) is 39.6. The molecule has 30 nitrogen and oxygen atoms in total. The van der Waals surface area contributed by atoms with Crippen LogP contribution in [0.15, 0.2) is 134 Å². The Bertz CT molecular complexity index is 5080. The van der Waals surface area contributed by atoms with Crippen LogP contribution in [0.1, 0.15) is 135 Å². The highest BCUT2D eigenvalue weighted by Gasteiger charge is 2.22. The molecule has 0 saturated heterocycles. The predicted octanol–water partition coefficient (Wildman–Crippen LogP) is 13.3. The molecule has 0 aliphatic heterocycles. The van der Waals surface area contributed by atoms with E-state index in [0.717, 1.165) is 154 Å². The van der Waals surface area contributed by atoms with Gasteiger partial charge >= 0.3 is 59.7 Å². The highest BCUT2D eigenvalue weighted by Crippen LogP contribution is 2.35. The maximum atomic E-state index is 11.9. The summed E-state index contributed by atoms with van der Waals surface area (Å²) in [6.45, 7) is 24.7. The Morgan fingerprint density at radius 2 is 0.739 bits per heavy atom. The fourth-order valence-electron chi connectivity index (χ4n) is 13.2. The molecular formula is C89H116N10O20. The van der Waals surface area contributed by atoms with Gasteiger partial charge in [-0.15, -0.1) is 0 Å². The third-order valence-corrected chi connectivity index (χ3v) is 19.2. The third kappa shape index (κ3) is 31.5. The Balaban J connectivity index is 0.000000231. The molecule has 0 amide bonds. The van der Waals surface area contributed by atoms with Gasteiger partial charge in [0.05, 0.1) is 56.9 Å². The number of carbonyl (C=O) groups is 10. The average Bonchev–Trinajstić information content (AvgIpc) is 1.69. The minimum atomic E-state index is -1.19. The number of hydrogen-bond acceptors (Lipinski definition) is 20. The SMILES string of the molecule is CC(C)N(CCc1c[nH]c2cccc(OC(=O)/C=C/C(=O)O)c12)C(C)C.CC(C)N(CCc1c[nH]c2cccc(OC(=O)CCC(=O)O)c12)C(C)C.CN(C)CCc1c[nH]c2cccc(OC(=O)CCC(=O)O)c12.CN(C)CCn1ccc2ccc(OC(=O)CCC(=O)O)cc21.Cc1c(OC(=O)CCC(=O)O)ccc2[nH]cc(CCN(C)C)c12. The number of aromatic amines is 4. The second-order valence-corrected chi connectivity index (χ2v) is 30.5. The van der Waals surface area contributed by atoms with Crippen molar-refractivity contribution in [1.29, 1.82) is 0 Å². The summed E-state index contributed by atoms with van der Waals surface area (Å²) in [5.41, 5.74) is 9.98. The molecule has 0 unspecified atom stereocenters. The highest BCUT2D eigenvalue weighted by atomic mass is 16.6. The quantitative estimate of drug-likeness (QED) is 0.00986. The number of rotatable bonds is 38. The zero-order valence-corrected chi connectivity index (χ0v) is 70.8. The normalized spacial score (nSPS) is 11.4. The van der Waals surface area contributed by atoms with Crippen molar-refractivity contribution in [3.05, 3.63) is 162 Å². The summed E-state index contributed by atoms with van der Waals surface area (Å²) < 4.78 is 28.8. The number of hydrogen-bond donors (Lipinski definition) is 9. The van der Waals surface area contributed by atoms with Crippen molar-refractivity contribution < 1.29 is 97.2 Å². The van der Waals surface area contributed by atoms with Crippen LogP contribution in [0.2, 0.25) is 0 Å². The predicted molar refractivity (Wildman–Crippen MR) is 457 cm³/mol. The van der Waals surface area contributed by atoms with E-state index in [4.69, 9.17) is 49.2 Å². The van der Waals surface area contributed by atoms with Gasteiger partial charge in [0.15, 0.2) is 0 Å². The average molecular weight is 1650 g/mol. The number of benzene rings is 5. The van der Waals surface area contributed by atoms with Crippen LogP contribution in [-0.2, 0) is 80.2 Å². The van der Waals surface area contributed by atoms with E-state index in [1.807, 2.05) is 129 Å². The molecule has 5 heterocycles. The van der Waals surface area contributed by atoms with Gasteiger partial charge in [-0.1, -0.05) is 18.2 Å². The molecular weight excluding hydrogens is 1530 g/mol. The molecule has 0 saturated carbocycles. The molecule has 9 N–H and O–H groups in total. The van der Waals surface area contributed by atoms with Gasteiger partial charge in [0.2, 0.25) is 0 Å². The standard InChI is InChI=1S/C20H28N2O4.C20H26N2O4.C17H22N2O4.2C16H20N2O4/c2*1-13(2)22(14(3)4)11-10-15-12-21-16-6-5-7-17(20(15)16)26-19(25)9-8-18(23)24;1-11-14(23-16(22)7-6-15(20)21)5-4-13-17(11)12(10-18-13)8-9-19(2)3;1-17(2)9-10-18-8-7-12-3-4-13(11-14(12)18)22-16(21)6-5-15(19)20;1-18(2)9-8-11-10-17-12-4-3-5-13(16(11)12)22-15(21)7-6-14(19)20/h5-7,12-14,21H,8-11H2,1-4H3,(H,23,24);5-9,12-14,21H,10-11H2,1-4H3,(H,23,24);4-5,10,18H,6-9H2,1-3H3,(H,20,21);3-4,7-8,11H,5-6,9-10H2,1-2H3,(H,19,20);3-5,10,17H,6-9H2,1-2H3,(H,19,20)/b;9-8+;;;. The summed E-state index contributed by atoms with van der Waals surface area (Å²) in [6, 6.07) is 29.2. The Kier molecular flexibility index (Phi) is 38.2. The van der Waals surface area contributed by atoms with Gasteiger partial charge in [0.25, 0.3) is 0 Å². The molecule has 5 aromatic heterocycles. The number of aromatic nitrogens is 5. The lowest BCUT2D eigenvalue weighted by Gasteiger charge is -2.30. The topological polar surface area (TPSA) is 402 Å². The Labute approximate surface area is 692 Å². The zero-order valence-electron chi connectivity index (χ0n) is 70.8. The van der Waals surface area contributed by atoms with Crippen molar-refractivity contribution in [2.24, 2.45) is 0 Å². The fourth-order valence-corrected chi connectivity index (χ4v) is 13.2. The third-order valence-electron chi connectivity index (χ3n) is 19.2. The van der Waals surface area contributed by atoms with Crippen LogP contribution in [0.3, 0.4) is 0 Å². The second kappa shape index (κ2) is 47.4. The maximum Gasteiger partial charge on any atom is 0.336 e. The second-order valence-electron chi connectivity index (χ2n) is 30.5. The molecule has 0 spiro atoms. The Morgan fingerprint density at radius 3 is 1.11 bits per heavy atom. The molecule has 5 aromatic carbocycles. The molecule has 0 aliphatic carbocycles. The van der Waals surface area contributed by atoms with Gasteiger partial charge in [0.1, 0.15) is 28.7 Å². The Morgan fingerprint density at radius 1 is 0.387 bits per heavy atom. The monoisotopic (exact) mass is 1640 g/mol. The maximum absolute atomic E-state index is 11.9. The zero-order chi connectivity index (χ0) is 87.7. The summed E-state index contributed by atoms with van der Waals surface area (Å²) >= 11 is 0. The lowest BCUT2D eigenvalue weighted by Crippen LogP contribution is -2.38. The van der Waals surface area contributed by atoms with Crippen LogP contribution in [-0.4, -0.2) is 233 Å². The number of H-pyrrole nitrogens is 4. The summed E-state index contributed by atoms with van der Waals surface area (Å²) in [5, 5.41) is 47.9. The van der Waals surface area contributed by atoms with Crippen molar-refractivity contribution in [2.45, 2.75) is 170 Å². The Hall–Kier alpha value is -12.0. The number of ether oxygens (including phenoxy) is 5. The van der Waals surface area contributed by atoms with Crippen LogP contribution in [0.25, 0.3) is 54.5 Å². The van der Waals surface area contributed by atoms with E-state index in [1.54, 1.807) is 42.5 Å². The van der Waals surface area contributed by atoms with Crippen molar-refractivity contribution in [3.63, 3.8) is 0 Å². The van der Waals surface area contributed by atoms with Gasteiger partial charge in [0, 0.05) is 162 Å². The number of carbonyl (C=O) groups excluding carboxylic acids is 5. The van der Waals surface area contributed by atoms with Gasteiger partial charge in [-0.25, -0.2) is 9.59 Å². The number of aryl methyl sites for hydroxylation is 1. The van der Waals surface area contributed by atoms with E-state index < -0.39 is 59.7 Å². The van der Waals surface area contributed by atoms with Crippen LogP contribution >= 0.6 is 0 Å². The molecule has 0 aliphatic rings. The van der Waals surface area contributed by atoms with E-state index in [1.165, 1.54) is 5.56 Å². The van der Waals surface area contributed by atoms with Crippen LogP contribution in [0.4, 0.5) is 0 Å². The summed E-state index contributed by atoms with van der Waals surface area (Å²) in [4.78, 5) is 135. The molecule has 10 aromatic rings. The number of likely N-dealkylation sites (N-methyl/N-ethyl adjacent to an activating group) is 3. The molecule has 30 heteroatoms.